The predicted octanol–water partition coefficient (Wildman–Crippen LogP) is 3.55. The molecule has 4 rings (SSSR count). The van der Waals surface area contributed by atoms with Gasteiger partial charge in [0.15, 0.2) is 0 Å². The fourth-order valence-corrected chi connectivity index (χ4v) is 4.20. The van der Waals surface area contributed by atoms with Crippen molar-refractivity contribution in [2.45, 2.75) is 25.8 Å². The zero-order valence-corrected chi connectivity index (χ0v) is 19.3. The third-order valence-corrected chi connectivity index (χ3v) is 6.24. The second kappa shape index (κ2) is 9.30. The molecule has 0 unspecified atom stereocenters. The van der Waals surface area contributed by atoms with Crippen molar-refractivity contribution in [1.82, 2.24) is 14.1 Å². The van der Waals surface area contributed by atoms with Crippen molar-refractivity contribution in [3.05, 3.63) is 84.1 Å². The van der Waals surface area contributed by atoms with E-state index in [1.807, 2.05) is 29.2 Å². The van der Waals surface area contributed by atoms with Crippen LogP contribution in [0.1, 0.15) is 35.2 Å². The van der Waals surface area contributed by atoms with E-state index < -0.39 is 17.3 Å². The van der Waals surface area contributed by atoms with Crippen molar-refractivity contribution >= 4 is 39.4 Å². The van der Waals surface area contributed by atoms with Gasteiger partial charge < -0.3 is 10.0 Å². The molecular weight excluding hydrogens is 500 g/mol. The summed E-state index contributed by atoms with van der Waals surface area (Å²) in [6, 6.07) is 11.6. The Balaban J connectivity index is 1.91. The minimum Gasteiger partial charge on any atom is -0.478 e. The number of carbonyl (C=O) groups is 1. The molecule has 166 valence electrons. The molecule has 0 radical (unpaired) electrons. The summed E-state index contributed by atoms with van der Waals surface area (Å²) in [5.74, 6) is -0.994. The second-order valence-corrected chi connectivity index (χ2v) is 8.86. The molecule has 1 aliphatic rings. The molecule has 8 nitrogen and oxygen atoms in total. The first-order chi connectivity index (χ1) is 15.3. The first-order valence-electron chi connectivity index (χ1n) is 10.1. The number of hydrogen-bond donors (Lipinski definition) is 1. The molecule has 0 aliphatic carbocycles. The number of rotatable bonds is 5. The van der Waals surface area contributed by atoms with Gasteiger partial charge in [0.1, 0.15) is 0 Å². The van der Waals surface area contributed by atoms with Gasteiger partial charge in [-0.2, -0.15) is 4.98 Å². The van der Waals surface area contributed by atoms with Gasteiger partial charge in [-0.15, -0.1) is 0 Å². The third-order valence-electron chi connectivity index (χ3n) is 5.38. The largest absolute Gasteiger partial charge is 0.478 e. The van der Waals surface area contributed by atoms with E-state index in [1.54, 1.807) is 6.07 Å². The fraction of sp³-hybridized carbons (Fsp3) is 0.273. The van der Waals surface area contributed by atoms with Crippen molar-refractivity contribution in [3.8, 4) is 5.69 Å². The molecule has 32 heavy (non-hydrogen) atoms. The molecule has 1 fully saturated rings. The number of aromatic carboxylic acids is 1. The van der Waals surface area contributed by atoms with Gasteiger partial charge in [-0.3, -0.25) is 0 Å². The SMILES string of the molecule is O=C(O)c1cc(-n2c(N3CCCCC3)nc(=O)n(Cc3ccc(Br)cc3)c2=O)ccc1Cl. The van der Waals surface area contributed by atoms with Gasteiger partial charge in [0.2, 0.25) is 5.95 Å². The Bertz CT molecular complexity index is 1280. The first-order valence-corrected chi connectivity index (χ1v) is 11.3. The van der Waals surface area contributed by atoms with E-state index in [0.29, 0.717) is 13.1 Å². The quantitative estimate of drug-likeness (QED) is 0.554. The van der Waals surface area contributed by atoms with Crippen LogP contribution in [0.2, 0.25) is 5.02 Å². The summed E-state index contributed by atoms with van der Waals surface area (Å²) in [5.41, 5.74) is -0.330. The molecule has 2 heterocycles. The Morgan fingerprint density at radius 2 is 1.75 bits per heavy atom. The van der Waals surface area contributed by atoms with Gasteiger partial charge in [0, 0.05) is 17.6 Å². The molecular formula is C22H20BrClN4O4. The van der Waals surface area contributed by atoms with Crippen molar-refractivity contribution in [2.24, 2.45) is 0 Å². The van der Waals surface area contributed by atoms with Crippen molar-refractivity contribution in [1.29, 1.82) is 0 Å². The van der Waals surface area contributed by atoms with E-state index >= 15 is 0 Å². The molecule has 1 aromatic heterocycles. The molecule has 0 amide bonds. The first kappa shape index (κ1) is 22.3. The highest BCUT2D eigenvalue weighted by Gasteiger charge is 2.22. The lowest BCUT2D eigenvalue weighted by Crippen LogP contribution is -2.45. The summed E-state index contributed by atoms with van der Waals surface area (Å²) >= 11 is 9.40. The van der Waals surface area contributed by atoms with E-state index in [0.717, 1.165) is 33.9 Å². The number of nitrogens with zero attached hydrogens (tertiary/aromatic N) is 4. The van der Waals surface area contributed by atoms with E-state index in [-0.39, 0.29) is 28.8 Å². The number of aromatic nitrogens is 3. The van der Waals surface area contributed by atoms with Crippen LogP contribution in [0.3, 0.4) is 0 Å². The number of halogens is 2. The number of carboxylic acids is 1. The predicted molar refractivity (Wildman–Crippen MR) is 125 cm³/mol. The van der Waals surface area contributed by atoms with E-state index in [2.05, 4.69) is 20.9 Å². The Labute approximate surface area is 196 Å². The second-order valence-electron chi connectivity index (χ2n) is 7.54. The average Bonchev–Trinajstić information content (AvgIpc) is 2.78. The van der Waals surface area contributed by atoms with E-state index in [1.165, 1.54) is 16.7 Å². The molecule has 2 aromatic carbocycles. The fourth-order valence-electron chi connectivity index (χ4n) is 3.74. The van der Waals surface area contributed by atoms with Gasteiger partial charge in [-0.1, -0.05) is 39.7 Å². The minimum absolute atomic E-state index is 0.0393. The van der Waals surface area contributed by atoms with Crippen LogP contribution in [0, 0.1) is 0 Å². The maximum atomic E-state index is 13.6. The van der Waals surface area contributed by atoms with Crippen molar-refractivity contribution in [2.75, 3.05) is 18.0 Å². The summed E-state index contributed by atoms with van der Waals surface area (Å²) in [5, 5.41) is 9.54. The van der Waals surface area contributed by atoms with Crippen LogP contribution in [0.4, 0.5) is 5.95 Å². The highest BCUT2D eigenvalue weighted by molar-refractivity contribution is 9.10. The van der Waals surface area contributed by atoms with Crippen LogP contribution >= 0.6 is 27.5 Å². The smallest absolute Gasteiger partial charge is 0.355 e. The van der Waals surface area contributed by atoms with Gasteiger partial charge in [-0.25, -0.2) is 23.5 Å². The zero-order valence-electron chi connectivity index (χ0n) is 17.0. The number of anilines is 1. The van der Waals surface area contributed by atoms with Gasteiger partial charge in [0.05, 0.1) is 22.8 Å². The Hall–Kier alpha value is -2.91. The highest BCUT2D eigenvalue weighted by atomic mass is 79.9. The molecule has 1 aliphatic heterocycles. The van der Waals surface area contributed by atoms with Crippen LogP contribution < -0.4 is 16.3 Å². The van der Waals surface area contributed by atoms with Crippen LogP contribution in [-0.4, -0.2) is 38.3 Å². The van der Waals surface area contributed by atoms with Crippen LogP contribution in [0.15, 0.2) is 56.5 Å². The lowest BCUT2D eigenvalue weighted by Gasteiger charge is -2.29. The summed E-state index contributed by atoms with van der Waals surface area (Å²) in [6.07, 6.45) is 2.89. The molecule has 0 saturated carbocycles. The monoisotopic (exact) mass is 518 g/mol. The molecule has 1 N–H and O–H groups in total. The summed E-state index contributed by atoms with van der Waals surface area (Å²) in [4.78, 5) is 44.2. The maximum absolute atomic E-state index is 13.6. The lowest BCUT2D eigenvalue weighted by molar-refractivity contribution is 0.0697. The summed E-state index contributed by atoms with van der Waals surface area (Å²) in [7, 11) is 0. The highest BCUT2D eigenvalue weighted by Crippen LogP contribution is 2.23. The third kappa shape index (κ3) is 4.49. The number of hydrogen-bond acceptors (Lipinski definition) is 5. The summed E-state index contributed by atoms with van der Waals surface area (Å²) < 4.78 is 3.23. The van der Waals surface area contributed by atoms with Gasteiger partial charge in [-0.05, 0) is 55.2 Å². The Morgan fingerprint density at radius 3 is 2.41 bits per heavy atom. The van der Waals surface area contributed by atoms with Crippen molar-refractivity contribution in [3.63, 3.8) is 0 Å². The van der Waals surface area contributed by atoms with Crippen LogP contribution in [0.25, 0.3) is 5.69 Å². The Kier molecular flexibility index (Phi) is 6.48. The van der Waals surface area contributed by atoms with Gasteiger partial charge >= 0.3 is 17.3 Å². The van der Waals surface area contributed by atoms with E-state index in [4.69, 9.17) is 11.6 Å². The number of benzene rings is 2. The standard InChI is InChI=1S/C22H20BrClN4O4/c23-15-6-4-14(5-7-15)13-27-21(31)25-20(26-10-2-1-3-11-26)28(22(27)32)16-8-9-18(24)17(12-16)19(29)30/h4-9,12H,1-3,10-11,13H2,(H,29,30). The van der Waals surface area contributed by atoms with Crippen molar-refractivity contribution < 1.29 is 9.90 Å². The van der Waals surface area contributed by atoms with Crippen LogP contribution in [-0.2, 0) is 6.54 Å². The summed E-state index contributed by atoms with van der Waals surface area (Å²) in [6.45, 7) is 1.35. The lowest BCUT2D eigenvalue weighted by atomic mass is 10.1. The molecule has 0 atom stereocenters. The number of piperidine rings is 1. The molecule has 1 saturated heterocycles. The molecule has 0 bridgehead atoms. The Morgan fingerprint density at radius 1 is 1.06 bits per heavy atom. The molecule has 3 aromatic rings. The molecule has 10 heteroatoms. The van der Waals surface area contributed by atoms with Crippen LogP contribution in [0.5, 0.6) is 0 Å². The van der Waals surface area contributed by atoms with Gasteiger partial charge in [0.25, 0.3) is 0 Å². The normalized spacial score (nSPS) is 13.9. The number of carboxylic acid groups (broad SMARTS) is 1. The van der Waals surface area contributed by atoms with E-state index in [9.17, 15) is 19.5 Å². The maximum Gasteiger partial charge on any atom is 0.355 e. The molecule has 0 spiro atoms. The minimum atomic E-state index is -1.21. The zero-order chi connectivity index (χ0) is 22.8. The average molecular weight is 520 g/mol. The topological polar surface area (TPSA) is 97.4 Å².